The van der Waals surface area contributed by atoms with Gasteiger partial charge in [-0.25, -0.2) is 0 Å². The molecule has 1 saturated carbocycles. The first-order chi connectivity index (χ1) is 11.6. The molecule has 1 fully saturated rings. The molecule has 0 unspecified atom stereocenters. The maximum atomic E-state index is 12.4. The number of hydrogen-bond acceptors (Lipinski definition) is 4. The number of ether oxygens (including phenoxy) is 2. The summed E-state index contributed by atoms with van der Waals surface area (Å²) >= 11 is 3.42. The van der Waals surface area contributed by atoms with Crippen molar-refractivity contribution in [1.29, 1.82) is 5.26 Å². The van der Waals surface area contributed by atoms with Crippen LogP contribution in [0.4, 0.5) is 0 Å². The average Bonchev–Trinajstić information content (AvgIpc) is 3.03. The molecule has 126 valence electrons. The summed E-state index contributed by atoms with van der Waals surface area (Å²) in [6, 6.07) is 5.72. The van der Waals surface area contributed by atoms with Gasteiger partial charge in [-0.15, -0.1) is 0 Å². The number of carbonyl (C=O) groups is 1. The number of nitrogens with one attached hydrogen (secondary N) is 1. The van der Waals surface area contributed by atoms with E-state index in [1.807, 2.05) is 6.07 Å². The van der Waals surface area contributed by atoms with Crippen LogP contribution in [0.15, 0.2) is 22.2 Å². The van der Waals surface area contributed by atoms with E-state index in [0.29, 0.717) is 17.4 Å². The van der Waals surface area contributed by atoms with Gasteiger partial charge in [0, 0.05) is 6.04 Å². The van der Waals surface area contributed by atoms with Gasteiger partial charge < -0.3 is 14.8 Å². The smallest absolute Gasteiger partial charge is 0.262 e. The highest BCUT2D eigenvalue weighted by Crippen LogP contribution is 2.40. The summed E-state index contributed by atoms with van der Waals surface area (Å²) in [6.45, 7) is 2.32. The van der Waals surface area contributed by atoms with Crippen molar-refractivity contribution >= 4 is 27.9 Å². The minimum absolute atomic E-state index is 0.0959. The molecule has 1 amide bonds. The average molecular weight is 391 g/mol. The van der Waals surface area contributed by atoms with Crippen LogP contribution < -0.4 is 14.8 Å². The van der Waals surface area contributed by atoms with E-state index in [0.717, 1.165) is 29.3 Å². The number of hydrogen-bond donors (Lipinski definition) is 1. The lowest BCUT2D eigenvalue weighted by atomic mass is 9.86. The number of fused-ring (bicyclic) bond motifs is 1. The van der Waals surface area contributed by atoms with Crippen LogP contribution in [0.1, 0.15) is 38.2 Å². The molecule has 1 N–H and O–H groups in total. The summed E-state index contributed by atoms with van der Waals surface area (Å²) in [5, 5.41) is 12.4. The molecule has 1 aliphatic carbocycles. The monoisotopic (exact) mass is 390 g/mol. The Morgan fingerprint density at radius 1 is 1.38 bits per heavy atom. The molecule has 6 heteroatoms. The third kappa shape index (κ3) is 3.57. The largest absolute Gasteiger partial charge is 0.454 e. The minimum Gasteiger partial charge on any atom is -0.454 e. The third-order valence-electron chi connectivity index (χ3n) is 4.55. The van der Waals surface area contributed by atoms with Gasteiger partial charge in [0.05, 0.1) is 4.47 Å². The zero-order valence-corrected chi connectivity index (χ0v) is 15.1. The molecule has 5 nitrogen and oxygen atoms in total. The van der Waals surface area contributed by atoms with Gasteiger partial charge in [0.25, 0.3) is 5.91 Å². The van der Waals surface area contributed by atoms with Crippen molar-refractivity contribution < 1.29 is 14.3 Å². The van der Waals surface area contributed by atoms with Crippen LogP contribution in [-0.4, -0.2) is 18.7 Å². The van der Waals surface area contributed by atoms with Crippen LogP contribution in [0.3, 0.4) is 0 Å². The zero-order valence-electron chi connectivity index (χ0n) is 13.5. The van der Waals surface area contributed by atoms with Gasteiger partial charge in [0.15, 0.2) is 11.5 Å². The highest BCUT2D eigenvalue weighted by atomic mass is 79.9. The van der Waals surface area contributed by atoms with E-state index in [4.69, 9.17) is 9.47 Å². The number of halogens is 1. The van der Waals surface area contributed by atoms with Crippen molar-refractivity contribution in [2.45, 2.75) is 38.6 Å². The molecule has 1 aromatic rings. The van der Waals surface area contributed by atoms with Crippen molar-refractivity contribution in [3.8, 4) is 17.6 Å². The highest BCUT2D eigenvalue weighted by Gasteiger charge is 2.24. The van der Waals surface area contributed by atoms with E-state index in [2.05, 4.69) is 28.2 Å². The first-order valence-corrected chi connectivity index (χ1v) is 8.89. The number of carbonyl (C=O) groups excluding carboxylic acids is 1. The quantitative estimate of drug-likeness (QED) is 0.629. The van der Waals surface area contributed by atoms with Crippen molar-refractivity contribution in [3.05, 3.63) is 27.7 Å². The second kappa shape index (κ2) is 7.27. The van der Waals surface area contributed by atoms with E-state index < -0.39 is 0 Å². The van der Waals surface area contributed by atoms with Crippen molar-refractivity contribution in [2.75, 3.05) is 6.79 Å². The molecule has 1 aliphatic heterocycles. The van der Waals surface area contributed by atoms with E-state index in [1.165, 1.54) is 6.42 Å². The number of nitriles is 1. The van der Waals surface area contributed by atoms with Crippen molar-refractivity contribution in [1.82, 2.24) is 5.32 Å². The lowest BCUT2D eigenvalue weighted by Gasteiger charge is -2.29. The molecule has 2 atom stereocenters. The van der Waals surface area contributed by atoms with Gasteiger partial charge in [-0.2, -0.15) is 5.26 Å². The Kier molecular flexibility index (Phi) is 5.10. The summed E-state index contributed by atoms with van der Waals surface area (Å²) in [6.07, 6.45) is 6.00. The normalized spacial score (nSPS) is 22.8. The molecule has 0 bridgehead atoms. The number of benzene rings is 1. The first kappa shape index (κ1) is 16.8. The van der Waals surface area contributed by atoms with Gasteiger partial charge in [-0.1, -0.05) is 19.8 Å². The maximum Gasteiger partial charge on any atom is 0.262 e. The maximum absolute atomic E-state index is 12.4. The molecule has 0 radical (unpaired) electrons. The fourth-order valence-corrected chi connectivity index (χ4v) is 3.74. The van der Waals surface area contributed by atoms with E-state index >= 15 is 0 Å². The lowest BCUT2D eigenvalue weighted by molar-refractivity contribution is -0.118. The van der Waals surface area contributed by atoms with Crippen LogP contribution in [0.5, 0.6) is 11.5 Å². The van der Waals surface area contributed by atoms with Gasteiger partial charge in [0.1, 0.15) is 11.6 Å². The minimum atomic E-state index is -0.315. The van der Waals surface area contributed by atoms with Gasteiger partial charge in [-0.05, 0) is 58.5 Å². The summed E-state index contributed by atoms with van der Waals surface area (Å²) in [5.41, 5.74) is 0.813. The third-order valence-corrected chi connectivity index (χ3v) is 5.14. The van der Waals surface area contributed by atoms with Gasteiger partial charge in [-0.3, -0.25) is 4.79 Å². The lowest BCUT2D eigenvalue weighted by Crippen LogP contribution is -2.41. The molecule has 0 saturated heterocycles. The molecule has 1 aromatic carbocycles. The predicted octanol–water partition coefficient (Wildman–Crippen LogP) is 3.78. The summed E-state index contributed by atoms with van der Waals surface area (Å²) < 4.78 is 11.4. The van der Waals surface area contributed by atoms with Crippen LogP contribution in [0.2, 0.25) is 0 Å². The number of nitrogens with zero attached hydrogens (tertiary/aromatic N) is 1. The number of rotatable bonds is 3. The summed E-state index contributed by atoms with van der Waals surface area (Å²) in [7, 11) is 0. The predicted molar refractivity (Wildman–Crippen MR) is 93.4 cm³/mol. The van der Waals surface area contributed by atoms with Gasteiger partial charge in [0.2, 0.25) is 6.79 Å². The Morgan fingerprint density at radius 2 is 2.17 bits per heavy atom. The highest BCUT2D eigenvalue weighted by molar-refractivity contribution is 9.10. The van der Waals surface area contributed by atoms with Crippen LogP contribution in [0.25, 0.3) is 6.08 Å². The summed E-state index contributed by atoms with van der Waals surface area (Å²) in [5.74, 6) is 1.38. The van der Waals surface area contributed by atoms with E-state index in [-0.39, 0.29) is 24.3 Å². The van der Waals surface area contributed by atoms with Crippen molar-refractivity contribution in [3.63, 3.8) is 0 Å². The Morgan fingerprint density at radius 3 is 2.92 bits per heavy atom. The number of amides is 1. The first-order valence-electron chi connectivity index (χ1n) is 8.10. The second-order valence-electron chi connectivity index (χ2n) is 6.25. The molecule has 0 aromatic heterocycles. The molecule has 1 heterocycles. The topological polar surface area (TPSA) is 71.4 Å². The fraction of sp³-hybridized carbons (Fsp3) is 0.444. The van der Waals surface area contributed by atoms with Gasteiger partial charge >= 0.3 is 0 Å². The van der Waals surface area contributed by atoms with Crippen molar-refractivity contribution in [2.24, 2.45) is 5.92 Å². The van der Waals surface area contributed by atoms with Crippen LogP contribution >= 0.6 is 15.9 Å². The Balaban J connectivity index is 1.78. The standard InChI is InChI=1S/C18H19BrN2O3/c1-11-4-2-3-5-15(11)21-18(22)13(9-20)6-12-7-14(19)17-16(8-12)23-10-24-17/h6-8,11,15H,2-5,10H2,1H3,(H,21,22)/b13-6+/t11-,15+/m0/s1. The summed E-state index contributed by atoms with van der Waals surface area (Å²) in [4.78, 5) is 12.4. The Labute approximate surface area is 149 Å². The molecule has 2 aliphatic rings. The molecular weight excluding hydrogens is 372 g/mol. The zero-order chi connectivity index (χ0) is 17.1. The van der Waals surface area contributed by atoms with Crippen LogP contribution in [-0.2, 0) is 4.79 Å². The van der Waals surface area contributed by atoms with E-state index in [9.17, 15) is 10.1 Å². The molecule has 24 heavy (non-hydrogen) atoms. The molecule has 0 spiro atoms. The van der Waals surface area contributed by atoms with Crippen LogP contribution in [0, 0.1) is 17.2 Å². The molecular formula is C18H19BrN2O3. The Hall–Kier alpha value is -2.00. The second-order valence-corrected chi connectivity index (χ2v) is 7.10. The Bertz CT molecular complexity index is 724. The van der Waals surface area contributed by atoms with E-state index in [1.54, 1.807) is 18.2 Å². The molecule has 3 rings (SSSR count). The fourth-order valence-electron chi connectivity index (χ4n) is 3.16. The SMILES string of the molecule is C[C@H]1CCCC[C@H]1NC(=O)/C(C#N)=C/c1cc(Br)c2c(c1)OCO2.